The van der Waals surface area contributed by atoms with Gasteiger partial charge in [-0.05, 0) is 18.6 Å². The Hall–Kier alpha value is -1.55. The van der Waals surface area contributed by atoms with Crippen LogP contribution in [0.4, 0.5) is 0 Å². The molecule has 1 aliphatic heterocycles. The van der Waals surface area contributed by atoms with Crippen molar-refractivity contribution in [3.8, 4) is 17.0 Å². The fourth-order valence-corrected chi connectivity index (χ4v) is 3.15. The SMILES string of the molecule is CCCCCCCCn1nnc2c1-c1cccc(Cl)c1OC2. The normalized spacial score (nSPS) is 12.6. The van der Waals surface area contributed by atoms with E-state index in [-0.39, 0.29) is 0 Å². The van der Waals surface area contributed by atoms with E-state index in [9.17, 15) is 0 Å². The van der Waals surface area contributed by atoms with Gasteiger partial charge in [-0.3, -0.25) is 0 Å². The van der Waals surface area contributed by atoms with Crippen LogP contribution in [0.5, 0.6) is 5.75 Å². The molecule has 0 N–H and O–H groups in total. The second-order valence-corrected chi connectivity index (χ2v) is 6.19. The number of unbranched alkanes of at least 4 members (excludes halogenated alkanes) is 5. The van der Waals surface area contributed by atoms with E-state index < -0.39 is 0 Å². The maximum absolute atomic E-state index is 6.23. The average Bonchev–Trinajstić information content (AvgIpc) is 2.95. The van der Waals surface area contributed by atoms with E-state index in [1.165, 1.54) is 32.1 Å². The highest BCUT2D eigenvalue weighted by molar-refractivity contribution is 6.32. The molecule has 0 radical (unpaired) electrons. The lowest BCUT2D eigenvalue weighted by molar-refractivity contribution is 0.297. The van der Waals surface area contributed by atoms with Crippen molar-refractivity contribution >= 4 is 11.6 Å². The van der Waals surface area contributed by atoms with Gasteiger partial charge in [-0.25, -0.2) is 4.68 Å². The molecule has 2 heterocycles. The van der Waals surface area contributed by atoms with E-state index in [2.05, 4.69) is 17.2 Å². The number of benzene rings is 1. The van der Waals surface area contributed by atoms with Gasteiger partial charge in [0.05, 0.1) is 10.7 Å². The number of para-hydroxylation sites is 1. The molecule has 0 aliphatic carbocycles. The van der Waals surface area contributed by atoms with Gasteiger partial charge in [-0.2, -0.15) is 0 Å². The summed E-state index contributed by atoms with van der Waals surface area (Å²) in [5, 5.41) is 9.21. The van der Waals surface area contributed by atoms with Crippen LogP contribution in [0.2, 0.25) is 5.02 Å². The van der Waals surface area contributed by atoms with Gasteiger partial charge in [0.2, 0.25) is 0 Å². The minimum atomic E-state index is 0.447. The number of rotatable bonds is 7. The molecule has 22 heavy (non-hydrogen) atoms. The summed E-state index contributed by atoms with van der Waals surface area (Å²) < 4.78 is 7.72. The Bertz CT molecular complexity index is 639. The van der Waals surface area contributed by atoms with Crippen LogP contribution in [0.1, 0.15) is 51.1 Å². The van der Waals surface area contributed by atoms with Gasteiger partial charge in [0.25, 0.3) is 0 Å². The second-order valence-electron chi connectivity index (χ2n) is 5.78. The molecule has 0 bridgehead atoms. The summed E-state index contributed by atoms with van der Waals surface area (Å²) >= 11 is 6.23. The van der Waals surface area contributed by atoms with Crippen LogP contribution in [-0.4, -0.2) is 15.0 Å². The van der Waals surface area contributed by atoms with E-state index >= 15 is 0 Å². The number of hydrogen-bond acceptors (Lipinski definition) is 3. The van der Waals surface area contributed by atoms with Gasteiger partial charge < -0.3 is 4.74 Å². The lowest BCUT2D eigenvalue weighted by Gasteiger charge is -2.19. The number of halogens is 1. The topological polar surface area (TPSA) is 39.9 Å². The fraction of sp³-hybridized carbons (Fsp3) is 0.529. The molecule has 118 valence electrons. The molecule has 1 aromatic carbocycles. The molecule has 0 atom stereocenters. The molecule has 3 rings (SSSR count). The fourth-order valence-electron chi connectivity index (χ4n) is 2.92. The van der Waals surface area contributed by atoms with E-state index in [0.29, 0.717) is 11.6 Å². The van der Waals surface area contributed by atoms with Gasteiger partial charge >= 0.3 is 0 Å². The summed E-state index contributed by atoms with van der Waals surface area (Å²) in [5.74, 6) is 0.753. The average molecular weight is 320 g/mol. The number of fused-ring (bicyclic) bond motifs is 3. The molecular weight excluding hydrogens is 298 g/mol. The summed E-state index contributed by atoms with van der Waals surface area (Å²) in [6.07, 6.45) is 7.63. The second kappa shape index (κ2) is 7.14. The summed E-state index contributed by atoms with van der Waals surface area (Å²) in [4.78, 5) is 0. The molecule has 1 aliphatic rings. The van der Waals surface area contributed by atoms with Crippen LogP contribution in [0, 0.1) is 0 Å². The third-order valence-electron chi connectivity index (χ3n) is 4.10. The van der Waals surface area contributed by atoms with Crippen LogP contribution in [0.25, 0.3) is 11.3 Å². The first kappa shape index (κ1) is 15.3. The largest absolute Gasteiger partial charge is 0.485 e. The molecular formula is C17H22ClN3O. The van der Waals surface area contributed by atoms with Gasteiger partial charge in [0, 0.05) is 12.1 Å². The van der Waals surface area contributed by atoms with Crippen LogP contribution in [-0.2, 0) is 13.2 Å². The van der Waals surface area contributed by atoms with Crippen molar-refractivity contribution in [1.82, 2.24) is 15.0 Å². The van der Waals surface area contributed by atoms with Crippen molar-refractivity contribution in [2.24, 2.45) is 0 Å². The first-order valence-electron chi connectivity index (χ1n) is 8.15. The van der Waals surface area contributed by atoms with Crippen molar-refractivity contribution in [2.75, 3.05) is 0 Å². The standard InChI is InChI=1S/C17H22ClN3O/c1-2-3-4-5-6-7-11-21-16-13-9-8-10-14(18)17(13)22-12-15(16)19-20-21/h8-10H,2-7,11-12H2,1H3. The molecule has 0 amide bonds. The Kier molecular flexibility index (Phi) is 4.98. The molecule has 0 saturated heterocycles. The van der Waals surface area contributed by atoms with Crippen LogP contribution in [0.15, 0.2) is 18.2 Å². The zero-order chi connectivity index (χ0) is 15.4. The van der Waals surface area contributed by atoms with E-state index in [1.54, 1.807) is 0 Å². The van der Waals surface area contributed by atoms with Crippen LogP contribution in [0.3, 0.4) is 0 Å². The molecule has 4 nitrogen and oxygen atoms in total. The summed E-state index contributed by atoms with van der Waals surface area (Å²) in [6.45, 7) is 3.59. The summed E-state index contributed by atoms with van der Waals surface area (Å²) in [6, 6.07) is 5.83. The Morgan fingerprint density at radius 3 is 2.86 bits per heavy atom. The van der Waals surface area contributed by atoms with Crippen molar-refractivity contribution in [1.29, 1.82) is 0 Å². The smallest absolute Gasteiger partial charge is 0.147 e. The Labute approximate surface area is 136 Å². The zero-order valence-corrected chi connectivity index (χ0v) is 13.8. The molecule has 1 aromatic heterocycles. The molecule has 0 fully saturated rings. The number of ether oxygens (including phenoxy) is 1. The van der Waals surface area contributed by atoms with Crippen molar-refractivity contribution in [2.45, 2.75) is 58.6 Å². The lowest BCUT2D eigenvalue weighted by Crippen LogP contribution is -2.09. The molecule has 0 unspecified atom stereocenters. The molecule has 0 spiro atoms. The number of nitrogens with zero attached hydrogens (tertiary/aromatic N) is 3. The quantitative estimate of drug-likeness (QED) is 0.685. The first-order chi connectivity index (χ1) is 10.8. The van der Waals surface area contributed by atoms with Crippen molar-refractivity contribution in [3.05, 3.63) is 28.9 Å². The van der Waals surface area contributed by atoms with Crippen LogP contribution < -0.4 is 4.74 Å². The van der Waals surface area contributed by atoms with Gasteiger partial charge in [-0.15, -0.1) is 5.10 Å². The monoisotopic (exact) mass is 319 g/mol. The van der Waals surface area contributed by atoms with E-state index in [1.807, 2.05) is 22.9 Å². The van der Waals surface area contributed by atoms with Gasteiger partial charge in [-0.1, -0.05) is 61.9 Å². The highest BCUT2D eigenvalue weighted by Crippen LogP contribution is 2.41. The minimum Gasteiger partial charge on any atom is -0.485 e. The minimum absolute atomic E-state index is 0.447. The number of hydrogen-bond donors (Lipinski definition) is 0. The van der Waals surface area contributed by atoms with Gasteiger partial charge in [0.15, 0.2) is 0 Å². The Morgan fingerprint density at radius 1 is 1.18 bits per heavy atom. The highest BCUT2D eigenvalue weighted by atomic mass is 35.5. The van der Waals surface area contributed by atoms with E-state index in [0.717, 1.165) is 35.7 Å². The predicted octanol–water partition coefficient (Wildman–Crippen LogP) is 4.85. The van der Waals surface area contributed by atoms with Gasteiger partial charge in [0.1, 0.15) is 18.1 Å². The predicted molar refractivity (Wildman–Crippen MR) is 88.2 cm³/mol. The molecule has 0 saturated carbocycles. The Morgan fingerprint density at radius 2 is 2.00 bits per heavy atom. The number of aromatic nitrogens is 3. The van der Waals surface area contributed by atoms with E-state index in [4.69, 9.17) is 16.3 Å². The zero-order valence-electron chi connectivity index (χ0n) is 13.0. The lowest BCUT2D eigenvalue weighted by atomic mass is 10.1. The molecule has 2 aromatic rings. The summed E-state index contributed by atoms with van der Waals surface area (Å²) in [7, 11) is 0. The van der Waals surface area contributed by atoms with Crippen molar-refractivity contribution in [3.63, 3.8) is 0 Å². The third kappa shape index (κ3) is 3.12. The first-order valence-corrected chi connectivity index (χ1v) is 8.53. The highest BCUT2D eigenvalue weighted by Gasteiger charge is 2.25. The maximum Gasteiger partial charge on any atom is 0.147 e. The maximum atomic E-state index is 6.23. The van der Waals surface area contributed by atoms with Crippen molar-refractivity contribution < 1.29 is 4.74 Å². The number of aryl methyl sites for hydroxylation is 1. The summed E-state index contributed by atoms with van der Waals surface area (Å²) in [5.41, 5.74) is 2.97. The molecule has 5 heteroatoms. The van der Waals surface area contributed by atoms with Crippen LogP contribution >= 0.6 is 11.6 Å². The Balaban J connectivity index is 1.70. The third-order valence-corrected chi connectivity index (χ3v) is 4.40.